The molecule has 2 rings (SSSR count). The molecule has 0 spiro atoms. The minimum absolute atomic E-state index is 0.261. The second-order valence-corrected chi connectivity index (χ2v) is 4.78. The van der Waals surface area contributed by atoms with Gasteiger partial charge in [0, 0.05) is 18.6 Å². The van der Waals surface area contributed by atoms with Crippen LogP contribution in [0.3, 0.4) is 0 Å². The van der Waals surface area contributed by atoms with Gasteiger partial charge in [-0.25, -0.2) is 4.79 Å². The Morgan fingerprint density at radius 1 is 1.38 bits per heavy atom. The van der Waals surface area contributed by atoms with E-state index in [0.717, 1.165) is 19.0 Å². The van der Waals surface area contributed by atoms with Crippen LogP contribution < -0.4 is 5.32 Å². The van der Waals surface area contributed by atoms with E-state index >= 15 is 0 Å². The van der Waals surface area contributed by atoms with Gasteiger partial charge in [-0.2, -0.15) is 0 Å². The van der Waals surface area contributed by atoms with Crippen molar-refractivity contribution in [1.29, 1.82) is 0 Å². The van der Waals surface area contributed by atoms with Gasteiger partial charge in [0.1, 0.15) is 0 Å². The molecule has 1 amide bonds. The Bertz CT molecular complexity index is 241. The predicted octanol–water partition coefficient (Wildman–Crippen LogP) is 1.75. The second kappa shape index (κ2) is 5.53. The first-order valence-corrected chi connectivity index (χ1v) is 6.47. The fraction of sp³-hybridized carbons (Fsp3) is 0.917. The molecular formula is C12H22N2O2. The Balaban J connectivity index is 1.75. The van der Waals surface area contributed by atoms with Gasteiger partial charge in [0.15, 0.2) is 0 Å². The van der Waals surface area contributed by atoms with Gasteiger partial charge in [-0.3, -0.25) is 4.90 Å². The highest BCUT2D eigenvalue weighted by molar-refractivity contribution is 5.67. The van der Waals surface area contributed by atoms with Crippen LogP contribution in [0.1, 0.15) is 39.0 Å². The number of carbonyl (C=O) groups is 1. The van der Waals surface area contributed by atoms with Crippen molar-refractivity contribution in [2.75, 3.05) is 19.7 Å². The summed E-state index contributed by atoms with van der Waals surface area (Å²) in [6.45, 7) is 4.49. The van der Waals surface area contributed by atoms with E-state index in [2.05, 4.69) is 10.2 Å². The van der Waals surface area contributed by atoms with Crippen molar-refractivity contribution in [3.05, 3.63) is 0 Å². The number of carbonyl (C=O) groups excluding carboxylic acids is 1. The van der Waals surface area contributed by atoms with Crippen molar-refractivity contribution in [2.24, 2.45) is 0 Å². The molecule has 1 unspecified atom stereocenters. The van der Waals surface area contributed by atoms with E-state index in [1.807, 2.05) is 6.92 Å². The van der Waals surface area contributed by atoms with E-state index < -0.39 is 0 Å². The van der Waals surface area contributed by atoms with Crippen LogP contribution in [0.4, 0.5) is 4.79 Å². The molecule has 1 saturated carbocycles. The summed E-state index contributed by atoms with van der Waals surface area (Å²) < 4.78 is 4.91. The number of amides is 1. The van der Waals surface area contributed by atoms with Crippen LogP contribution in [-0.4, -0.2) is 42.8 Å². The second-order valence-electron chi connectivity index (χ2n) is 4.78. The molecule has 0 aromatic rings. The SMILES string of the molecule is CCOC(=O)NC1CCCN(C2CCC2)C1. The number of likely N-dealkylation sites (tertiary alicyclic amines) is 1. The van der Waals surface area contributed by atoms with Gasteiger partial charge in [0.25, 0.3) is 0 Å². The van der Waals surface area contributed by atoms with Gasteiger partial charge in [0.05, 0.1) is 6.61 Å². The molecule has 1 N–H and O–H groups in total. The van der Waals surface area contributed by atoms with Crippen LogP contribution >= 0.6 is 0 Å². The third-order valence-corrected chi connectivity index (χ3v) is 3.64. The fourth-order valence-corrected chi connectivity index (χ4v) is 2.55. The molecule has 1 atom stereocenters. The van der Waals surface area contributed by atoms with Gasteiger partial charge in [-0.05, 0) is 39.2 Å². The highest BCUT2D eigenvalue weighted by Crippen LogP contribution is 2.27. The molecular weight excluding hydrogens is 204 g/mol. The van der Waals surface area contributed by atoms with E-state index in [4.69, 9.17) is 4.74 Å². The van der Waals surface area contributed by atoms with Gasteiger partial charge >= 0.3 is 6.09 Å². The molecule has 4 heteroatoms. The third-order valence-electron chi connectivity index (χ3n) is 3.64. The molecule has 2 fully saturated rings. The van der Waals surface area contributed by atoms with E-state index in [-0.39, 0.29) is 12.1 Å². The summed E-state index contributed by atoms with van der Waals surface area (Å²) in [6, 6.07) is 1.07. The monoisotopic (exact) mass is 226 g/mol. The lowest BCUT2D eigenvalue weighted by Crippen LogP contribution is -2.52. The van der Waals surface area contributed by atoms with Crippen molar-refractivity contribution in [3.8, 4) is 0 Å². The third kappa shape index (κ3) is 2.88. The molecule has 1 saturated heterocycles. The zero-order valence-corrected chi connectivity index (χ0v) is 10.1. The minimum atomic E-state index is -0.261. The van der Waals surface area contributed by atoms with Crippen molar-refractivity contribution >= 4 is 6.09 Å². The Hall–Kier alpha value is -0.770. The van der Waals surface area contributed by atoms with Gasteiger partial charge in [0.2, 0.25) is 0 Å². The van der Waals surface area contributed by atoms with Crippen LogP contribution in [0.5, 0.6) is 0 Å². The van der Waals surface area contributed by atoms with Gasteiger partial charge in [-0.15, -0.1) is 0 Å². The van der Waals surface area contributed by atoms with Crippen molar-refractivity contribution < 1.29 is 9.53 Å². The lowest BCUT2D eigenvalue weighted by molar-refractivity contribution is 0.0826. The normalized spacial score (nSPS) is 27.2. The number of ether oxygens (including phenoxy) is 1. The summed E-state index contributed by atoms with van der Waals surface area (Å²) >= 11 is 0. The average molecular weight is 226 g/mol. The maximum Gasteiger partial charge on any atom is 0.407 e. The highest BCUT2D eigenvalue weighted by Gasteiger charge is 2.29. The first-order chi connectivity index (χ1) is 7.79. The number of alkyl carbamates (subject to hydrolysis) is 1. The minimum Gasteiger partial charge on any atom is -0.450 e. The summed E-state index contributed by atoms with van der Waals surface area (Å²) in [4.78, 5) is 13.9. The number of hydrogen-bond acceptors (Lipinski definition) is 3. The Labute approximate surface area is 97.3 Å². The maximum absolute atomic E-state index is 11.3. The lowest BCUT2D eigenvalue weighted by atomic mass is 9.89. The number of nitrogens with zero attached hydrogens (tertiary/aromatic N) is 1. The topological polar surface area (TPSA) is 41.6 Å². The van der Waals surface area contributed by atoms with Gasteiger partial charge < -0.3 is 10.1 Å². The van der Waals surface area contributed by atoms with Crippen LogP contribution in [0, 0.1) is 0 Å². The summed E-state index contributed by atoms with van der Waals surface area (Å²) in [5, 5.41) is 2.95. The molecule has 2 aliphatic rings. The Kier molecular flexibility index (Phi) is 4.04. The van der Waals surface area contributed by atoms with Crippen LogP contribution in [0.2, 0.25) is 0 Å². The predicted molar refractivity (Wildman–Crippen MR) is 62.4 cm³/mol. The molecule has 0 radical (unpaired) electrons. The maximum atomic E-state index is 11.3. The largest absolute Gasteiger partial charge is 0.450 e. The first-order valence-electron chi connectivity index (χ1n) is 6.47. The summed E-state index contributed by atoms with van der Waals surface area (Å²) in [5.41, 5.74) is 0. The zero-order chi connectivity index (χ0) is 11.4. The number of nitrogens with one attached hydrogen (secondary N) is 1. The van der Waals surface area contributed by atoms with Crippen molar-refractivity contribution in [2.45, 2.75) is 51.1 Å². The van der Waals surface area contributed by atoms with Crippen LogP contribution in [-0.2, 0) is 4.74 Å². The van der Waals surface area contributed by atoms with Crippen molar-refractivity contribution in [3.63, 3.8) is 0 Å². The van der Waals surface area contributed by atoms with E-state index in [1.165, 1.54) is 32.2 Å². The molecule has 0 bridgehead atoms. The average Bonchev–Trinajstić information content (AvgIpc) is 2.15. The molecule has 4 nitrogen and oxygen atoms in total. The standard InChI is InChI=1S/C12H22N2O2/c1-2-16-12(15)13-10-5-4-8-14(9-10)11-6-3-7-11/h10-11H,2-9H2,1H3,(H,13,15). The van der Waals surface area contributed by atoms with E-state index in [0.29, 0.717) is 6.61 Å². The lowest BCUT2D eigenvalue weighted by Gasteiger charge is -2.42. The molecule has 1 heterocycles. The van der Waals surface area contributed by atoms with E-state index in [1.54, 1.807) is 0 Å². The smallest absolute Gasteiger partial charge is 0.407 e. The molecule has 0 aromatic heterocycles. The zero-order valence-electron chi connectivity index (χ0n) is 10.1. The molecule has 16 heavy (non-hydrogen) atoms. The quantitative estimate of drug-likeness (QED) is 0.797. The summed E-state index contributed by atoms with van der Waals surface area (Å²) in [6.07, 6.45) is 6.06. The first kappa shape index (κ1) is 11.7. The number of piperidine rings is 1. The van der Waals surface area contributed by atoms with Crippen LogP contribution in [0.15, 0.2) is 0 Å². The summed E-state index contributed by atoms with van der Waals surface area (Å²) in [7, 11) is 0. The highest BCUT2D eigenvalue weighted by atomic mass is 16.5. The van der Waals surface area contributed by atoms with Crippen LogP contribution in [0.25, 0.3) is 0 Å². The fourth-order valence-electron chi connectivity index (χ4n) is 2.55. The van der Waals surface area contributed by atoms with Crippen molar-refractivity contribution in [1.82, 2.24) is 10.2 Å². The molecule has 92 valence electrons. The number of hydrogen-bond donors (Lipinski definition) is 1. The number of rotatable bonds is 3. The molecule has 1 aliphatic carbocycles. The molecule has 0 aromatic carbocycles. The molecule has 1 aliphatic heterocycles. The van der Waals surface area contributed by atoms with Gasteiger partial charge in [-0.1, -0.05) is 6.42 Å². The Morgan fingerprint density at radius 2 is 2.19 bits per heavy atom. The van der Waals surface area contributed by atoms with E-state index in [9.17, 15) is 4.79 Å². The Morgan fingerprint density at radius 3 is 2.81 bits per heavy atom. The summed E-state index contributed by atoms with van der Waals surface area (Å²) in [5.74, 6) is 0.